The first-order chi connectivity index (χ1) is 8.98. The van der Waals surface area contributed by atoms with Crippen molar-refractivity contribution in [2.45, 2.75) is 32.4 Å². The Hall–Kier alpha value is -1.62. The highest BCUT2D eigenvalue weighted by Crippen LogP contribution is 2.42. The number of carbonyl (C=O) groups excluding carboxylic acids is 1. The molecule has 2 N–H and O–H groups in total. The summed E-state index contributed by atoms with van der Waals surface area (Å²) < 4.78 is 5.37. The Morgan fingerprint density at radius 2 is 2.21 bits per heavy atom. The minimum atomic E-state index is -0.129. The van der Waals surface area contributed by atoms with Crippen molar-refractivity contribution in [2.24, 2.45) is 5.41 Å². The second kappa shape index (κ2) is 5.17. The van der Waals surface area contributed by atoms with Crippen molar-refractivity contribution in [3.63, 3.8) is 0 Å². The predicted molar refractivity (Wildman–Crippen MR) is 74.2 cm³/mol. The van der Waals surface area contributed by atoms with Crippen LogP contribution in [-0.4, -0.2) is 37.2 Å². The normalized spacial score (nSPS) is 24.4. The first kappa shape index (κ1) is 13.8. The number of hydrogen-bond acceptors (Lipinski definition) is 4. The average Bonchev–Trinajstić information content (AvgIpc) is 2.42. The topological polar surface area (TPSA) is 63.2 Å². The third kappa shape index (κ3) is 2.56. The van der Waals surface area contributed by atoms with Crippen LogP contribution in [0, 0.1) is 5.41 Å². The van der Waals surface area contributed by atoms with Gasteiger partial charge in [0.25, 0.3) is 5.91 Å². The van der Waals surface area contributed by atoms with Crippen LogP contribution in [0.25, 0.3) is 0 Å². The lowest BCUT2D eigenvalue weighted by Gasteiger charge is -2.51. The van der Waals surface area contributed by atoms with Crippen molar-refractivity contribution >= 4 is 11.6 Å². The summed E-state index contributed by atoms with van der Waals surface area (Å²) in [6.07, 6.45) is 2.71. The van der Waals surface area contributed by atoms with Crippen molar-refractivity contribution in [1.29, 1.82) is 0 Å². The van der Waals surface area contributed by atoms with E-state index in [9.17, 15) is 4.79 Å². The van der Waals surface area contributed by atoms with Gasteiger partial charge in [-0.05, 0) is 18.6 Å². The third-order valence-corrected chi connectivity index (χ3v) is 4.05. The molecule has 1 fully saturated rings. The molecular formula is C14H21N3O2. The highest BCUT2D eigenvalue weighted by molar-refractivity contribution is 5.92. The minimum Gasteiger partial charge on any atom is -0.387 e. The van der Waals surface area contributed by atoms with Crippen LogP contribution in [0.15, 0.2) is 18.3 Å². The molecule has 0 spiro atoms. The maximum atomic E-state index is 12.1. The molecule has 2 atom stereocenters. The zero-order valence-electron chi connectivity index (χ0n) is 11.9. The molecule has 1 aromatic rings. The molecule has 1 aromatic heterocycles. The van der Waals surface area contributed by atoms with Gasteiger partial charge in [-0.1, -0.05) is 13.8 Å². The second-order valence-electron chi connectivity index (χ2n) is 5.49. The smallest absolute Gasteiger partial charge is 0.270 e. The highest BCUT2D eigenvalue weighted by Gasteiger charge is 2.49. The van der Waals surface area contributed by atoms with Gasteiger partial charge >= 0.3 is 0 Å². The monoisotopic (exact) mass is 263 g/mol. The van der Waals surface area contributed by atoms with Crippen LogP contribution in [0.1, 0.15) is 30.8 Å². The Kier molecular flexibility index (Phi) is 3.75. The van der Waals surface area contributed by atoms with E-state index in [1.165, 1.54) is 0 Å². The van der Waals surface area contributed by atoms with E-state index in [0.717, 1.165) is 12.1 Å². The van der Waals surface area contributed by atoms with Gasteiger partial charge < -0.3 is 15.4 Å². The van der Waals surface area contributed by atoms with Crippen LogP contribution in [-0.2, 0) is 4.74 Å². The van der Waals surface area contributed by atoms with Gasteiger partial charge in [0, 0.05) is 25.6 Å². The van der Waals surface area contributed by atoms with Crippen molar-refractivity contribution < 1.29 is 9.53 Å². The van der Waals surface area contributed by atoms with E-state index in [1.807, 2.05) is 13.1 Å². The lowest BCUT2D eigenvalue weighted by atomic mass is 9.64. The zero-order chi connectivity index (χ0) is 14.0. The van der Waals surface area contributed by atoms with Gasteiger partial charge in [0.05, 0.1) is 18.0 Å². The Bertz CT molecular complexity index is 456. The van der Waals surface area contributed by atoms with Crippen LogP contribution in [0.5, 0.6) is 0 Å². The van der Waals surface area contributed by atoms with E-state index in [2.05, 4.69) is 29.5 Å². The molecule has 1 aliphatic rings. The Morgan fingerprint density at radius 3 is 2.68 bits per heavy atom. The van der Waals surface area contributed by atoms with Gasteiger partial charge in [0.1, 0.15) is 5.69 Å². The highest BCUT2D eigenvalue weighted by atomic mass is 16.5. The van der Waals surface area contributed by atoms with Gasteiger partial charge in [0.2, 0.25) is 0 Å². The lowest BCUT2D eigenvalue weighted by Crippen LogP contribution is -2.61. The summed E-state index contributed by atoms with van der Waals surface area (Å²) in [6.45, 7) is 4.21. The molecule has 2 rings (SSSR count). The molecule has 1 aliphatic carbocycles. The second-order valence-corrected chi connectivity index (χ2v) is 5.49. The summed E-state index contributed by atoms with van der Waals surface area (Å²) in [5, 5.41) is 5.99. The Labute approximate surface area is 113 Å². The van der Waals surface area contributed by atoms with Crippen molar-refractivity contribution in [2.75, 3.05) is 19.5 Å². The van der Waals surface area contributed by atoms with E-state index >= 15 is 0 Å². The number of ether oxygens (including phenoxy) is 1. The predicted octanol–water partition coefficient (Wildman–Crippen LogP) is 1.67. The summed E-state index contributed by atoms with van der Waals surface area (Å²) in [5.41, 5.74) is 1.30. The molecule has 2 unspecified atom stereocenters. The first-order valence-corrected chi connectivity index (χ1v) is 6.46. The minimum absolute atomic E-state index is 0.0324. The summed E-state index contributed by atoms with van der Waals surface area (Å²) in [6, 6.07) is 3.70. The van der Waals surface area contributed by atoms with Gasteiger partial charge in [-0.2, -0.15) is 0 Å². The van der Waals surface area contributed by atoms with Crippen LogP contribution in [0.3, 0.4) is 0 Å². The van der Waals surface area contributed by atoms with Gasteiger partial charge in [-0.15, -0.1) is 0 Å². The molecule has 1 saturated carbocycles. The van der Waals surface area contributed by atoms with Crippen molar-refractivity contribution in [3.05, 3.63) is 24.0 Å². The molecule has 0 radical (unpaired) electrons. The number of nitrogens with one attached hydrogen (secondary N) is 2. The number of anilines is 1. The molecule has 0 saturated heterocycles. The fourth-order valence-electron chi connectivity index (χ4n) is 2.44. The standard InChI is InChI=1S/C14H21N3O2/c1-14(2)11(7-12(14)19-4)17-13(18)10-6-5-9(15-3)8-16-10/h5-6,8,11-12,15H,7H2,1-4H3,(H,17,18). The molecule has 5 heteroatoms. The fraction of sp³-hybridized carbons (Fsp3) is 0.571. The molecule has 5 nitrogen and oxygen atoms in total. The fourth-order valence-corrected chi connectivity index (χ4v) is 2.44. The van der Waals surface area contributed by atoms with Gasteiger partial charge in [-0.25, -0.2) is 4.98 Å². The summed E-state index contributed by atoms with van der Waals surface area (Å²) in [5.74, 6) is -0.129. The summed E-state index contributed by atoms with van der Waals surface area (Å²) in [4.78, 5) is 16.2. The van der Waals surface area contributed by atoms with Crippen LogP contribution in [0.2, 0.25) is 0 Å². The number of pyridine rings is 1. The molecule has 0 aromatic carbocycles. The average molecular weight is 263 g/mol. The van der Waals surface area contributed by atoms with E-state index in [0.29, 0.717) is 5.69 Å². The largest absolute Gasteiger partial charge is 0.387 e. The lowest BCUT2D eigenvalue weighted by molar-refractivity contribution is -0.0942. The van der Waals surface area contributed by atoms with E-state index in [1.54, 1.807) is 19.4 Å². The maximum absolute atomic E-state index is 12.1. The summed E-state index contributed by atoms with van der Waals surface area (Å²) >= 11 is 0. The number of nitrogens with zero attached hydrogens (tertiary/aromatic N) is 1. The number of aromatic nitrogens is 1. The Balaban J connectivity index is 1.98. The van der Waals surface area contributed by atoms with E-state index in [4.69, 9.17) is 4.74 Å². The van der Waals surface area contributed by atoms with Crippen LogP contribution in [0.4, 0.5) is 5.69 Å². The van der Waals surface area contributed by atoms with Gasteiger partial charge in [0.15, 0.2) is 0 Å². The molecule has 0 aliphatic heterocycles. The van der Waals surface area contributed by atoms with Gasteiger partial charge in [-0.3, -0.25) is 4.79 Å². The molecule has 1 heterocycles. The Morgan fingerprint density at radius 1 is 1.47 bits per heavy atom. The summed E-state index contributed by atoms with van der Waals surface area (Å²) in [7, 11) is 3.53. The number of carbonyl (C=O) groups is 1. The SMILES string of the molecule is CNc1ccc(C(=O)NC2CC(OC)C2(C)C)nc1. The number of amides is 1. The van der Waals surface area contributed by atoms with Crippen molar-refractivity contribution in [1.82, 2.24) is 10.3 Å². The third-order valence-electron chi connectivity index (χ3n) is 4.05. The number of hydrogen-bond donors (Lipinski definition) is 2. The molecule has 104 valence electrons. The molecule has 1 amide bonds. The van der Waals surface area contributed by atoms with Crippen LogP contribution < -0.4 is 10.6 Å². The maximum Gasteiger partial charge on any atom is 0.270 e. The molecule has 19 heavy (non-hydrogen) atoms. The first-order valence-electron chi connectivity index (χ1n) is 6.46. The number of methoxy groups -OCH3 is 1. The molecular weight excluding hydrogens is 242 g/mol. The van der Waals surface area contributed by atoms with E-state index < -0.39 is 0 Å². The quantitative estimate of drug-likeness (QED) is 0.867. The molecule has 0 bridgehead atoms. The zero-order valence-corrected chi connectivity index (χ0v) is 11.9. The van der Waals surface area contributed by atoms with Crippen LogP contribution >= 0.6 is 0 Å². The number of rotatable bonds is 4. The van der Waals surface area contributed by atoms with Crippen molar-refractivity contribution in [3.8, 4) is 0 Å². The van der Waals surface area contributed by atoms with E-state index in [-0.39, 0.29) is 23.5 Å².